The highest BCUT2D eigenvalue weighted by molar-refractivity contribution is 5.95. The Hall–Kier alpha value is -2.82. The number of ether oxygens (including phenoxy) is 1. The minimum Gasteiger partial charge on any atom is -0.484 e. The number of hydrogen-bond donors (Lipinski definition) is 2. The Morgan fingerprint density at radius 2 is 1.92 bits per heavy atom. The third-order valence-electron chi connectivity index (χ3n) is 3.80. The van der Waals surface area contributed by atoms with E-state index in [0.29, 0.717) is 17.4 Å². The lowest BCUT2D eigenvalue weighted by Gasteiger charge is -2.10. The fraction of sp³-hybridized carbons (Fsp3) is 0.263. The molecule has 1 saturated carbocycles. The summed E-state index contributed by atoms with van der Waals surface area (Å²) in [5.74, 6) is 0.155. The van der Waals surface area contributed by atoms with Gasteiger partial charge in [-0.15, -0.1) is 0 Å². The Kier molecular flexibility index (Phi) is 4.79. The van der Waals surface area contributed by atoms with Crippen molar-refractivity contribution in [3.8, 4) is 5.75 Å². The molecule has 5 nitrogen and oxygen atoms in total. The maximum absolute atomic E-state index is 12.0. The molecule has 0 aliphatic heterocycles. The zero-order chi connectivity index (χ0) is 16.9. The highest BCUT2D eigenvalue weighted by Gasteiger charge is 2.23. The summed E-state index contributed by atoms with van der Waals surface area (Å²) in [6, 6.07) is 14.7. The van der Waals surface area contributed by atoms with Gasteiger partial charge in [-0.3, -0.25) is 9.59 Å². The van der Waals surface area contributed by atoms with Crippen LogP contribution in [-0.4, -0.2) is 24.5 Å². The van der Waals surface area contributed by atoms with E-state index in [2.05, 4.69) is 10.6 Å². The molecule has 1 fully saturated rings. The van der Waals surface area contributed by atoms with E-state index in [1.165, 1.54) is 0 Å². The van der Waals surface area contributed by atoms with E-state index >= 15 is 0 Å². The molecule has 0 saturated heterocycles. The van der Waals surface area contributed by atoms with Gasteiger partial charge < -0.3 is 15.4 Å². The zero-order valence-corrected chi connectivity index (χ0v) is 13.5. The molecule has 2 N–H and O–H groups in total. The van der Waals surface area contributed by atoms with Crippen LogP contribution < -0.4 is 15.4 Å². The van der Waals surface area contributed by atoms with Crippen molar-refractivity contribution in [1.29, 1.82) is 0 Å². The summed E-state index contributed by atoms with van der Waals surface area (Å²) in [6.07, 6.45) is 2.09. The smallest absolute Gasteiger partial charge is 0.262 e. The number of rotatable bonds is 6. The van der Waals surface area contributed by atoms with E-state index in [-0.39, 0.29) is 18.4 Å². The van der Waals surface area contributed by atoms with Crippen molar-refractivity contribution in [1.82, 2.24) is 5.32 Å². The summed E-state index contributed by atoms with van der Waals surface area (Å²) < 4.78 is 5.50. The number of anilines is 1. The molecule has 1 aliphatic carbocycles. The molecule has 2 aromatic carbocycles. The third-order valence-corrected chi connectivity index (χ3v) is 3.80. The van der Waals surface area contributed by atoms with Gasteiger partial charge in [0.05, 0.1) is 0 Å². The maximum atomic E-state index is 12.0. The predicted octanol–water partition coefficient (Wildman–Crippen LogP) is 2.90. The number of carbonyl (C=O) groups is 2. The lowest BCUT2D eigenvalue weighted by Crippen LogP contribution is -2.25. The van der Waals surface area contributed by atoms with E-state index in [0.717, 1.165) is 24.1 Å². The van der Waals surface area contributed by atoms with Crippen molar-refractivity contribution in [2.75, 3.05) is 11.9 Å². The number of carbonyl (C=O) groups excluding carboxylic acids is 2. The van der Waals surface area contributed by atoms with Gasteiger partial charge in [0.2, 0.25) is 0 Å². The molecule has 0 heterocycles. The van der Waals surface area contributed by atoms with Gasteiger partial charge in [0, 0.05) is 17.3 Å². The van der Waals surface area contributed by atoms with E-state index in [1.54, 1.807) is 24.3 Å². The molecule has 0 bridgehead atoms. The first-order valence-electron chi connectivity index (χ1n) is 8.01. The Morgan fingerprint density at radius 3 is 2.67 bits per heavy atom. The van der Waals surface area contributed by atoms with E-state index in [9.17, 15) is 9.59 Å². The van der Waals surface area contributed by atoms with Crippen LogP contribution in [0, 0.1) is 6.92 Å². The maximum Gasteiger partial charge on any atom is 0.262 e. The van der Waals surface area contributed by atoms with Crippen LogP contribution in [0.25, 0.3) is 0 Å². The van der Waals surface area contributed by atoms with Crippen molar-refractivity contribution < 1.29 is 14.3 Å². The standard InChI is InChI=1S/C19H20N2O3/c1-13-5-2-3-8-17(13)21-18(22)12-24-16-7-4-6-14(11-16)19(23)20-15-9-10-15/h2-8,11,15H,9-10,12H2,1H3,(H,20,23)(H,21,22). The second-order valence-corrected chi connectivity index (χ2v) is 5.93. The average Bonchev–Trinajstić information content (AvgIpc) is 3.39. The van der Waals surface area contributed by atoms with Crippen LogP contribution in [0.4, 0.5) is 5.69 Å². The quantitative estimate of drug-likeness (QED) is 0.858. The molecule has 24 heavy (non-hydrogen) atoms. The fourth-order valence-corrected chi connectivity index (χ4v) is 2.27. The summed E-state index contributed by atoms with van der Waals surface area (Å²) in [7, 11) is 0. The molecule has 0 atom stereocenters. The first-order chi connectivity index (χ1) is 11.6. The summed E-state index contributed by atoms with van der Waals surface area (Å²) in [6.45, 7) is 1.82. The Morgan fingerprint density at radius 1 is 1.12 bits per heavy atom. The monoisotopic (exact) mass is 324 g/mol. The Balaban J connectivity index is 1.55. The SMILES string of the molecule is Cc1ccccc1NC(=O)COc1cccc(C(=O)NC2CC2)c1. The normalized spacial score (nSPS) is 13.2. The summed E-state index contributed by atoms with van der Waals surface area (Å²) in [5.41, 5.74) is 2.30. The van der Waals surface area contributed by atoms with Crippen LogP contribution in [0.5, 0.6) is 5.75 Å². The van der Waals surface area contributed by atoms with Gasteiger partial charge in [-0.1, -0.05) is 24.3 Å². The van der Waals surface area contributed by atoms with Gasteiger partial charge in [0.15, 0.2) is 6.61 Å². The van der Waals surface area contributed by atoms with Crippen LogP contribution in [0.3, 0.4) is 0 Å². The third kappa shape index (κ3) is 4.35. The number of benzene rings is 2. The van der Waals surface area contributed by atoms with Crippen LogP contribution in [0.15, 0.2) is 48.5 Å². The van der Waals surface area contributed by atoms with E-state index in [4.69, 9.17) is 4.74 Å². The summed E-state index contributed by atoms with van der Waals surface area (Å²) in [5, 5.41) is 5.74. The molecule has 0 aromatic heterocycles. The second-order valence-electron chi connectivity index (χ2n) is 5.93. The summed E-state index contributed by atoms with van der Waals surface area (Å²) >= 11 is 0. The van der Waals surface area contributed by atoms with Gasteiger partial charge >= 0.3 is 0 Å². The van der Waals surface area contributed by atoms with Crippen molar-refractivity contribution in [2.24, 2.45) is 0 Å². The molecule has 0 unspecified atom stereocenters. The van der Waals surface area contributed by atoms with Crippen LogP contribution in [-0.2, 0) is 4.79 Å². The first-order valence-corrected chi connectivity index (χ1v) is 8.01. The topological polar surface area (TPSA) is 67.4 Å². The lowest BCUT2D eigenvalue weighted by atomic mass is 10.2. The number of amides is 2. The highest BCUT2D eigenvalue weighted by atomic mass is 16.5. The van der Waals surface area contributed by atoms with Crippen molar-refractivity contribution in [3.05, 3.63) is 59.7 Å². The average molecular weight is 324 g/mol. The highest BCUT2D eigenvalue weighted by Crippen LogP contribution is 2.20. The van der Waals surface area contributed by atoms with E-state index < -0.39 is 0 Å². The summed E-state index contributed by atoms with van der Waals surface area (Å²) in [4.78, 5) is 24.0. The Labute approximate surface area is 141 Å². The fourth-order valence-electron chi connectivity index (χ4n) is 2.27. The van der Waals surface area contributed by atoms with Crippen molar-refractivity contribution in [3.63, 3.8) is 0 Å². The first kappa shape index (κ1) is 16.1. The molecular formula is C19H20N2O3. The van der Waals surface area contributed by atoms with Gasteiger partial charge in [0.1, 0.15) is 5.75 Å². The lowest BCUT2D eigenvalue weighted by molar-refractivity contribution is -0.118. The number of aryl methyl sites for hydroxylation is 1. The van der Waals surface area contributed by atoms with Crippen molar-refractivity contribution in [2.45, 2.75) is 25.8 Å². The van der Waals surface area contributed by atoms with E-state index in [1.807, 2.05) is 31.2 Å². The number of nitrogens with one attached hydrogen (secondary N) is 2. The molecule has 3 rings (SSSR count). The Bertz CT molecular complexity index is 754. The van der Waals surface area contributed by atoms with Crippen LogP contribution in [0.1, 0.15) is 28.8 Å². The predicted molar refractivity (Wildman–Crippen MR) is 92.2 cm³/mol. The van der Waals surface area contributed by atoms with Crippen molar-refractivity contribution >= 4 is 17.5 Å². The van der Waals surface area contributed by atoms with Crippen LogP contribution in [0.2, 0.25) is 0 Å². The molecule has 0 spiro atoms. The van der Waals surface area contributed by atoms with Gasteiger partial charge in [0.25, 0.3) is 11.8 Å². The molecule has 1 aliphatic rings. The largest absolute Gasteiger partial charge is 0.484 e. The zero-order valence-electron chi connectivity index (χ0n) is 13.5. The molecule has 0 radical (unpaired) electrons. The van der Waals surface area contributed by atoms with Crippen LogP contribution >= 0.6 is 0 Å². The molecule has 5 heteroatoms. The molecule has 2 amide bonds. The second kappa shape index (κ2) is 7.17. The molecule has 124 valence electrons. The molecule has 2 aromatic rings. The van der Waals surface area contributed by atoms with Gasteiger partial charge in [-0.25, -0.2) is 0 Å². The minimum absolute atomic E-state index is 0.104. The van der Waals surface area contributed by atoms with Gasteiger partial charge in [-0.2, -0.15) is 0 Å². The number of para-hydroxylation sites is 1. The molecular weight excluding hydrogens is 304 g/mol. The van der Waals surface area contributed by atoms with Gasteiger partial charge in [-0.05, 0) is 49.6 Å². The minimum atomic E-state index is -0.239. The number of hydrogen-bond acceptors (Lipinski definition) is 3.